The second kappa shape index (κ2) is 6.32. The first-order chi connectivity index (χ1) is 9.56. The lowest BCUT2D eigenvalue weighted by Gasteiger charge is -2.10. The first-order valence-corrected chi connectivity index (χ1v) is 6.09. The van der Waals surface area contributed by atoms with Crippen LogP contribution in [0.3, 0.4) is 0 Å². The Bertz CT molecular complexity index is 570. The number of halogens is 3. The van der Waals surface area contributed by atoms with Gasteiger partial charge < -0.3 is 10.1 Å². The molecule has 0 spiro atoms. The van der Waals surface area contributed by atoms with Gasteiger partial charge in [0.15, 0.2) is 0 Å². The molecule has 0 atom stereocenters. The van der Waals surface area contributed by atoms with Gasteiger partial charge in [0.05, 0.1) is 0 Å². The van der Waals surface area contributed by atoms with E-state index in [9.17, 15) is 13.2 Å². The highest BCUT2D eigenvalue weighted by atomic mass is 19.3. The third-order valence-electron chi connectivity index (χ3n) is 2.90. The predicted octanol–water partition coefficient (Wildman–Crippen LogP) is 4.35. The fourth-order valence-electron chi connectivity index (χ4n) is 1.79. The number of hydrogen-bond acceptors (Lipinski definition) is 2. The second-order valence-electron chi connectivity index (χ2n) is 4.29. The van der Waals surface area contributed by atoms with Crippen molar-refractivity contribution in [3.8, 4) is 5.75 Å². The summed E-state index contributed by atoms with van der Waals surface area (Å²) in [7, 11) is 0. The van der Waals surface area contributed by atoms with E-state index in [4.69, 9.17) is 0 Å². The van der Waals surface area contributed by atoms with Crippen LogP contribution in [0.5, 0.6) is 5.75 Å². The van der Waals surface area contributed by atoms with Gasteiger partial charge in [-0.25, -0.2) is 4.39 Å². The zero-order chi connectivity index (χ0) is 14.5. The maximum atomic E-state index is 13.4. The fraction of sp³-hybridized carbons (Fsp3) is 0.200. The Balaban J connectivity index is 1.99. The van der Waals surface area contributed by atoms with Gasteiger partial charge in [-0.15, -0.1) is 0 Å². The van der Waals surface area contributed by atoms with Crippen molar-refractivity contribution in [3.63, 3.8) is 0 Å². The molecule has 1 N–H and O–H groups in total. The summed E-state index contributed by atoms with van der Waals surface area (Å²) in [6, 6.07) is 11.1. The quantitative estimate of drug-likeness (QED) is 0.879. The Hall–Kier alpha value is -2.17. The number of hydrogen-bond donors (Lipinski definition) is 1. The molecule has 0 saturated heterocycles. The smallest absolute Gasteiger partial charge is 0.387 e. The summed E-state index contributed by atoms with van der Waals surface area (Å²) in [6.07, 6.45) is 0. The average Bonchev–Trinajstić information content (AvgIpc) is 2.41. The molecule has 0 saturated carbocycles. The lowest BCUT2D eigenvalue weighted by molar-refractivity contribution is -0.0498. The van der Waals surface area contributed by atoms with E-state index in [0.717, 1.165) is 5.56 Å². The summed E-state index contributed by atoms with van der Waals surface area (Å²) >= 11 is 0. The maximum Gasteiger partial charge on any atom is 0.387 e. The first kappa shape index (κ1) is 14.2. The molecule has 106 valence electrons. The molecule has 20 heavy (non-hydrogen) atoms. The number of benzene rings is 2. The topological polar surface area (TPSA) is 21.3 Å². The molecule has 5 heteroatoms. The summed E-state index contributed by atoms with van der Waals surface area (Å²) in [5.74, 6) is -0.152. The number of nitrogens with one attached hydrogen (secondary N) is 1. The highest BCUT2D eigenvalue weighted by Gasteiger charge is 2.05. The molecule has 0 radical (unpaired) electrons. The van der Waals surface area contributed by atoms with E-state index < -0.39 is 6.61 Å². The van der Waals surface area contributed by atoms with Crippen molar-refractivity contribution in [2.24, 2.45) is 0 Å². The summed E-state index contributed by atoms with van der Waals surface area (Å²) in [5.41, 5.74) is 2.14. The van der Waals surface area contributed by atoms with Gasteiger partial charge in [-0.1, -0.05) is 18.2 Å². The van der Waals surface area contributed by atoms with E-state index in [1.807, 2.05) is 0 Å². The molecule has 0 aromatic heterocycles. The number of anilines is 1. The van der Waals surface area contributed by atoms with Crippen molar-refractivity contribution in [2.75, 3.05) is 5.32 Å². The van der Waals surface area contributed by atoms with Crippen LogP contribution in [0.1, 0.15) is 11.1 Å². The summed E-state index contributed by atoms with van der Waals surface area (Å²) in [5, 5.41) is 3.10. The molecular formula is C15H14F3NO. The maximum absolute atomic E-state index is 13.4. The van der Waals surface area contributed by atoms with E-state index in [1.165, 1.54) is 18.2 Å². The van der Waals surface area contributed by atoms with Crippen LogP contribution in [-0.4, -0.2) is 6.61 Å². The Morgan fingerprint density at radius 3 is 2.45 bits per heavy atom. The van der Waals surface area contributed by atoms with Gasteiger partial charge in [0.25, 0.3) is 0 Å². The molecule has 0 heterocycles. The molecule has 0 aliphatic carbocycles. The average molecular weight is 281 g/mol. The Labute approximate surface area is 115 Å². The van der Waals surface area contributed by atoms with Gasteiger partial charge in [0, 0.05) is 17.8 Å². The number of alkyl halides is 2. The van der Waals surface area contributed by atoms with Gasteiger partial charge in [-0.05, 0) is 36.8 Å². The van der Waals surface area contributed by atoms with Crippen LogP contribution >= 0.6 is 0 Å². The van der Waals surface area contributed by atoms with E-state index >= 15 is 0 Å². The summed E-state index contributed by atoms with van der Waals surface area (Å²) in [6.45, 7) is -0.662. The van der Waals surface area contributed by atoms with Crippen LogP contribution in [0, 0.1) is 12.7 Å². The summed E-state index contributed by atoms with van der Waals surface area (Å²) < 4.78 is 41.6. The van der Waals surface area contributed by atoms with E-state index in [1.54, 1.807) is 31.2 Å². The van der Waals surface area contributed by atoms with Crippen LogP contribution in [-0.2, 0) is 6.54 Å². The molecule has 0 fully saturated rings. The Kier molecular flexibility index (Phi) is 4.50. The summed E-state index contributed by atoms with van der Waals surface area (Å²) in [4.78, 5) is 0. The minimum absolute atomic E-state index is 0.116. The molecule has 0 amide bonds. The van der Waals surface area contributed by atoms with Gasteiger partial charge in [-0.3, -0.25) is 0 Å². The highest BCUT2D eigenvalue weighted by Crippen LogP contribution is 2.19. The lowest BCUT2D eigenvalue weighted by Crippen LogP contribution is -2.03. The third-order valence-corrected chi connectivity index (χ3v) is 2.90. The van der Waals surface area contributed by atoms with E-state index in [2.05, 4.69) is 10.1 Å². The zero-order valence-corrected chi connectivity index (χ0v) is 10.9. The molecule has 0 aliphatic rings. The molecule has 2 aromatic carbocycles. The van der Waals surface area contributed by atoms with Gasteiger partial charge in [0.1, 0.15) is 11.6 Å². The minimum atomic E-state index is -2.83. The van der Waals surface area contributed by atoms with Crippen molar-refractivity contribution in [1.82, 2.24) is 0 Å². The predicted molar refractivity (Wildman–Crippen MR) is 71.5 cm³/mol. The molecule has 2 aromatic rings. The highest BCUT2D eigenvalue weighted by molar-refractivity contribution is 5.51. The van der Waals surface area contributed by atoms with Crippen LogP contribution in [0.4, 0.5) is 18.9 Å². The number of ether oxygens (including phenoxy) is 1. The molecule has 0 aliphatic heterocycles. The molecule has 2 nitrogen and oxygen atoms in total. The molecule has 2 rings (SSSR count). The van der Waals surface area contributed by atoms with Crippen LogP contribution < -0.4 is 10.1 Å². The lowest BCUT2D eigenvalue weighted by atomic mass is 10.1. The third kappa shape index (κ3) is 3.66. The normalized spacial score (nSPS) is 10.7. The molecule has 0 bridgehead atoms. The largest absolute Gasteiger partial charge is 0.435 e. The van der Waals surface area contributed by atoms with Crippen molar-refractivity contribution in [1.29, 1.82) is 0 Å². The Morgan fingerprint density at radius 2 is 1.80 bits per heavy atom. The zero-order valence-electron chi connectivity index (χ0n) is 10.9. The van der Waals surface area contributed by atoms with Crippen molar-refractivity contribution in [2.45, 2.75) is 20.1 Å². The second-order valence-corrected chi connectivity index (χ2v) is 4.29. The van der Waals surface area contributed by atoms with Gasteiger partial charge in [-0.2, -0.15) is 8.78 Å². The first-order valence-electron chi connectivity index (χ1n) is 6.09. The van der Waals surface area contributed by atoms with Crippen molar-refractivity contribution >= 4 is 5.69 Å². The van der Waals surface area contributed by atoms with Crippen LogP contribution in [0.25, 0.3) is 0 Å². The van der Waals surface area contributed by atoms with Gasteiger partial charge in [0.2, 0.25) is 0 Å². The van der Waals surface area contributed by atoms with Crippen LogP contribution in [0.15, 0.2) is 42.5 Å². The minimum Gasteiger partial charge on any atom is -0.435 e. The SMILES string of the molecule is Cc1c(F)cccc1NCc1ccc(OC(F)F)cc1. The van der Waals surface area contributed by atoms with Crippen LogP contribution in [0.2, 0.25) is 0 Å². The standard InChI is InChI=1S/C15H14F3NO/c1-10-13(16)3-2-4-14(10)19-9-11-5-7-12(8-6-11)20-15(17)18/h2-8,15,19H,9H2,1H3. The van der Waals surface area contributed by atoms with E-state index in [-0.39, 0.29) is 11.6 Å². The Morgan fingerprint density at radius 1 is 1.10 bits per heavy atom. The fourth-order valence-corrected chi connectivity index (χ4v) is 1.79. The monoisotopic (exact) mass is 281 g/mol. The van der Waals surface area contributed by atoms with E-state index in [0.29, 0.717) is 17.8 Å². The van der Waals surface area contributed by atoms with Gasteiger partial charge >= 0.3 is 6.61 Å². The van der Waals surface area contributed by atoms with Crippen molar-refractivity contribution < 1.29 is 17.9 Å². The number of rotatable bonds is 5. The van der Waals surface area contributed by atoms with Crippen molar-refractivity contribution in [3.05, 3.63) is 59.4 Å². The molecule has 0 unspecified atom stereocenters. The molecular weight excluding hydrogens is 267 g/mol.